The molecule has 0 aliphatic carbocycles. The number of hydrogen-bond donors (Lipinski definition) is 1. The summed E-state index contributed by atoms with van der Waals surface area (Å²) in [7, 11) is 0. The first-order valence-electron chi connectivity index (χ1n) is 5.36. The summed E-state index contributed by atoms with van der Waals surface area (Å²) in [6, 6.07) is 6.27. The minimum absolute atomic E-state index is 0.524. The Labute approximate surface area is 100 Å². The summed E-state index contributed by atoms with van der Waals surface area (Å²) in [5.74, 6) is 0. The predicted molar refractivity (Wildman–Crippen MR) is 65.2 cm³/mol. The van der Waals surface area contributed by atoms with Crippen molar-refractivity contribution in [2.45, 2.75) is 31.8 Å². The molecule has 0 aliphatic heterocycles. The fourth-order valence-electron chi connectivity index (χ4n) is 1.81. The number of aryl methyl sites for hydroxylation is 2. The molecule has 2 rings (SSSR count). The van der Waals surface area contributed by atoms with Crippen molar-refractivity contribution in [2.75, 3.05) is 0 Å². The zero-order chi connectivity index (χ0) is 11.5. The van der Waals surface area contributed by atoms with Gasteiger partial charge in [0.15, 0.2) is 0 Å². The average molecular weight is 234 g/mol. The SMILES string of the molecule is CCc1cccc(CC)c1-n1nnnc1S. The summed E-state index contributed by atoms with van der Waals surface area (Å²) in [6.45, 7) is 4.25. The van der Waals surface area contributed by atoms with Crippen LogP contribution in [-0.2, 0) is 12.8 Å². The van der Waals surface area contributed by atoms with Gasteiger partial charge in [0.2, 0.25) is 5.16 Å². The second-order valence-corrected chi connectivity index (χ2v) is 3.92. The van der Waals surface area contributed by atoms with Gasteiger partial charge in [0.1, 0.15) is 0 Å². The molecule has 0 fully saturated rings. The van der Waals surface area contributed by atoms with Crippen LogP contribution in [0.3, 0.4) is 0 Å². The minimum atomic E-state index is 0.524. The van der Waals surface area contributed by atoms with E-state index >= 15 is 0 Å². The van der Waals surface area contributed by atoms with Gasteiger partial charge in [-0.25, -0.2) is 0 Å². The van der Waals surface area contributed by atoms with E-state index in [-0.39, 0.29) is 0 Å². The van der Waals surface area contributed by atoms with Gasteiger partial charge in [0.25, 0.3) is 0 Å². The number of nitrogens with zero attached hydrogens (tertiary/aromatic N) is 4. The number of tetrazole rings is 1. The number of thiol groups is 1. The van der Waals surface area contributed by atoms with Crippen LogP contribution < -0.4 is 0 Å². The molecule has 1 aromatic carbocycles. The van der Waals surface area contributed by atoms with Crippen LogP contribution in [0.25, 0.3) is 5.69 Å². The molecule has 0 amide bonds. The van der Waals surface area contributed by atoms with E-state index in [1.54, 1.807) is 4.68 Å². The van der Waals surface area contributed by atoms with Crippen LogP contribution in [-0.4, -0.2) is 20.2 Å². The normalized spacial score (nSPS) is 10.7. The lowest BCUT2D eigenvalue weighted by Gasteiger charge is -2.12. The highest BCUT2D eigenvalue weighted by Crippen LogP contribution is 2.22. The first kappa shape index (κ1) is 11.1. The summed E-state index contributed by atoms with van der Waals surface area (Å²) in [5.41, 5.74) is 3.55. The maximum Gasteiger partial charge on any atom is 0.211 e. The molecule has 0 atom stereocenters. The van der Waals surface area contributed by atoms with E-state index in [9.17, 15) is 0 Å². The lowest BCUT2D eigenvalue weighted by Crippen LogP contribution is -2.06. The lowest BCUT2D eigenvalue weighted by atomic mass is 10.0. The Balaban J connectivity index is 2.66. The van der Waals surface area contributed by atoms with E-state index in [1.807, 2.05) is 0 Å². The van der Waals surface area contributed by atoms with E-state index in [1.165, 1.54) is 11.1 Å². The Morgan fingerprint density at radius 3 is 2.25 bits per heavy atom. The van der Waals surface area contributed by atoms with Gasteiger partial charge in [0, 0.05) is 0 Å². The van der Waals surface area contributed by atoms with Crippen LogP contribution in [0.1, 0.15) is 25.0 Å². The molecule has 5 heteroatoms. The molecule has 0 bridgehead atoms. The molecule has 16 heavy (non-hydrogen) atoms. The topological polar surface area (TPSA) is 43.6 Å². The second kappa shape index (κ2) is 4.65. The molecule has 0 spiro atoms. The number of para-hydroxylation sites is 1. The van der Waals surface area contributed by atoms with E-state index in [0.29, 0.717) is 5.16 Å². The van der Waals surface area contributed by atoms with Crippen molar-refractivity contribution in [1.82, 2.24) is 20.2 Å². The standard InChI is InChI=1S/C11H14N4S/c1-3-8-6-5-7-9(4-2)10(8)15-11(16)12-13-14-15/h5-7H,3-4H2,1-2H3,(H,12,14,16). The third-order valence-corrected chi connectivity index (χ3v) is 2.91. The monoisotopic (exact) mass is 234 g/mol. The first-order chi connectivity index (χ1) is 7.77. The van der Waals surface area contributed by atoms with Gasteiger partial charge in [-0.15, -0.1) is 17.7 Å². The Kier molecular flexibility index (Phi) is 3.24. The van der Waals surface area contributed by atoms with Crippen LogP contribution in [0.15, 0.2) is 23.4 Å². The number of hydrogen-bond acceptors (Lipinski definition) is 4. The van der Waals surface area contributed by atoms with Crippen LogP contribution in [0.2, 0.25) is 0 Å². The molecule has 0 unspecified atom stereocenters. The summed E-state index contributed by atoms with van der Waals surface area (Å²) >= 11 is 4.26. The highest BCUT2D eigenvalue weighted by atomic mass is 32.1. The number of aromatic nitrogens is 4. The highest BCUT2D eigenvalue weighted by molar-refractivity contribution is 7.80. The van der Waals surface area contributed by atoms with Crippen LogP contribution in [0.4, 0.5) is 0 Å². The van der Waals surface area contributed by atoms with E-state index in [2.05, 4.69) is 60.2 Å². The van der Waals surface area contributed by atoms with E-state index < -0.39 is 0 Å². The summed E-state index contributed by atoms with van der Waals surface area (Å²) < 4.78 is 1.70. The van der Waals surface area contributed by atoms with Gasteiger partial charge in [0.05, 0.1) is 5.69 Å². The van der Waals surface area contributed by atoms with Gasteiger partial charge in [-0.05, 0) is 34.4 Å². The lowest BCUT2D eigenvalue weighted by molar-refractivity contribution is 0.740. The maximum absolute atomic E-state index is 4.26. The Hall–Kier alpha value is -1.36. The molecule has 84 valence electrons. The zero-order valence-corrected chi connectivity index (χ0v) is 10.3. The maximum atomic E-state index is 4.26. The molecule has 2 aromatic rings. The van der Waals surface area contributed by atoms with Crippen LogP contribution >= 0.6 is 12.6 Å². The smallest absolute Gasteiger partial charge is 0.187 e. The van der Waals surface area contributed by atoms with E-state index in [4.69, 9.17) is 0 Å². The van der Waals surface area contributed by atoms with Crippen molar-refractivity contribution in [1.29, 1.82) is 0 Å². The summed E-state index contributed by atoms with van der Waals surface area (Å²) in [5, 5.41) is 12.0. The Bertz CT molecular complexity index is 470. The third-order valence-electron chi connectivity index (χ3n) is 2.63. The molecule has 0 aliphatic rings. The van der Waals surface area contributed by atoms with Crippen molar-refractivity contribution in [3.05, 3.63) is 29.3 Å². The molecule has 1 heterocycles. The molecule has 0 radical (unpaired) electrons. The van der Waals surface area contributed by atoms with Gasteiger partial charge in [-0.2, -0.15) is 4.68 Å². The van der Waals surface area contributed by atoms with Gasteiger partial charge >= 0.3 is 0 Å². The third kappa shape index (κ3) is 1.82. The summed E-state index contributed by atoms with van der Waals surface area (Å²) in [4.78, 5) is 0. The fraction of sp³-hybridized carbons (Fsp3) is 0.364. The Morgan fingerprint density at radius 2 is 1.81 bits per heavy atom. The van der Waals surface area contributed by atoms with Crippen LogP contribution in [0, 0.1) is 0 Å². The predicted octanol–water partition coefficient (Wildman–Crippen LogP) is 2.08. The number of rotatable bonds is 3. The largest absolute Gasteiger partial charge is 0.211 e. The molecular formula is C11H14N4S. The first-order valence-corrected chi connectivity index (χ1v) is 5.81. The highest BCUT2D eigenvalue weighted by Gasteiger charge is 2.12. The molecule has 0 saturated carbocycles. The van der Waals surface area contributed by atoms with Crippen molar-refractivity contribution in [2.24, 2.45) is 0 Å². The minimum Gasteiger partial charge on any atom is -0.187 e. The molecule has 4 nitrogen and oxygen atoms in total. The van der Waals surface area contributed by atoms with Crippen molar-refractivity contribution >= 4 is 12.6 Å². The van der Waals surface area contributed by atoms with Crippen molar-refractivity contribution < 1.29 is 0 Å². The zero-order valence-electron chi connectivity index (χ0n) is 9.38. The van der Waals surface area contributed by atoms with Crippen LogP contribution in [0.5, 0.6) is 0 Å². The van der Waals surface area contributed by atoms with Crippen molar-refractivity contribution in [3.8, 4) is 5.69 Å². The quantitative estimate of drug-likeness (QED) is 0.827. The Morgan fingerprint density at radius 1 is 1.19 bits per heavy atom. The molecule has 1 aromatic heterocycles. The van der Waals surface area contributed by atoms with E-state index in [0.717, 1.165) is 18.5 Å². The van der Waals surface area contributed by atoms with Crippen molar-refractivity contribution in [3.63, 3.8) is 0 Å². The number of benzene rings is 1. The molecule has 0 saturated heterocycles. The van der Waals surface area contributed by atoms with Gasteiger partial charge < -0.3 is 0 Å². The molecule has 0 N–H and O–H groups in total. The average Bonchev–Trinajstić information content (AvgIpc) is 2.74. The fourth-order valence-corrected chi connectivity index (χ4v) is 1.99. The van der Waals surface area contributed by atoms with Gasteiger partial charge in [-0.1, -0.05) is 32.0 Å². The second-order valence-electron chi connectivity index (χ2n) is 3.52. The molecular weight excluding hydrogens is 220 g/mol. The van der Waals surface area contributed by atoms with Gasteiger partial charge in [-0.3, -0.25) is 0 Å². The summed E-state index contributed by atoms with van der Waals surface area (Å²) in [6.07, 6.45) is 1.91.